The normalized spacial score (nSPS) is 14.4. The van der Waals surface area contributed by atoms with Crippen molar-refractivity contribution < 1.29 is 4.79 Å². The molecular weight excluding hydrogens is 438 g/mol. The molecule has 1 aliphatic heterocycles. The van der Waals surface area contributed by atoms with Crippen molar-refractivity contribution in [3.8, 4) is 9.88 Å². The van der Waals surface area contributed by atoms with Crippen molar-refractivity contribution in [2.75, 3.05) is 36.4 Å². The van der Waals surface area contributed by atoms with Gasteiger partial charge in [0.15, 0.2) is 0 Å². The molecule has 1 aliphatic rings. The maximum atomic E-state index is 12.9. The fourth-order valence-corrected chi connectivity index (χ4v) is 5.41. The highest BCUT2D eigenvalue weighted by molar-refractivity contribution is 7.20. The van der Waals surface area contributed by atoms with Gasteiger partial charge in [0.2, 0.25) is 0 Å². The number of carbonyl (C=O) groups excluding carboxylic acids is 1. The third-order valence-corrected chi connectivity index (χ3v) is 7.33. The number of hydrogen-bond acceptors (Lipinski definition) is 7. The molecule has 4 heterocycles. The number of nitrogens with one attached hydrogen (secondary N) is 1. The number of nitrogens with zero attached hydrogens (tertiary/aromatic N) is 4. The van der Waals surface area contributed by atoms with Gasteiger partial charge in [-0.3, -0.25) is 14.7 Å². The van der Waals surface area contributed by atoms with Gasteiger partial charge in [-0.05, 0) is 35.7 Å². The Bertz CT molecular complexity index is 1170. The van der Waals surface area contributed by atoms with Crippen LogP contribution in [-0.4, -0.2) is 47.0 Å². The van der Waals surface area contributed by atoms with Crippen molar-refractivity contribution in [2.24, 2.45) is 0 Å². The standard InChI is InChI=1S/C24H23N5OS2/c30-23(20-17-32-24(27-20)22-9-5-15-31-22)26-19-7-1-2-8-21(19)29-13-11-28(12-14-29)16-18-6-3-4-10-25-18/h1-10,15,17H,11-14,16H2,(H,26,30). The zero-order valence-electron chi connectivity index (χ0n) is 17.5. The topological polar surface area (TPSA) is 61.4 Å². The van der Waals surface area contributed by atoms with Gasteiger partial charge in [-0.25, -0.2) is 4.98 Å². The predicted octanol–water partition coefficient (Wildman–Crippen LogP) is 4.84. The summed E-state index contributed by atoms with van der Waals surface area (Å²) in [5.41, 5.74) is 3.42. The first kappa shape index (κ1) is 20.8. The number of aromatic nitrogens is 2. The molecule has 8 heteroatoms. The molecule has 3 aromatic heterocycles. The summed E-state index contributed by atoms with van der Waals surface area (Å²) in [6.07, 6.45) is 1.84. The van der Waals surface area contributed by atoms with Gasteiger partial charge in [0, 0.05) is 44.3 Å². The lowest BCUT2D eigenvalue weighted by atomic mass is 10.2. The van der Waals surface area contributed by atoms with Crippen molar-refractivity contribution in [3.05, 3.63) is 82.9 Å². The maximum Gasteiger partial charge on any atom is 0.275 e. The predicted molar refractivity (Wildman–Crippen MR) is 132 cm³/mol. The first-order valence-corrected chi connectivity index (χ1v) is 12.3. The van der Waals surface area contributed by atoms with E-state index in [4.69, 9.17) is 0 Å². The smallest absolute Gasteiger partial charge is 0.275 e. The van der Waals surface area contributed by atoms with Gasteiger partial charge in [-0.1, -0.05) is 24.3 Å². The molecule has 162 valence electrons. The van der Waals surface area contributed by atoms with Gasteiger partial charge in [-0.2, -0.15) is 0 Å². The van der Waals surface area contributed by atoms with Gasteiger partial charge in [-0.15, -0.1) is 22.7 Å². The summed E-state index contributed by atoms with van der Waals surface area (Å²) >= 11 is 3.13. The molecule has 1 saturated heterocycles. The summed E-state index contributed by atoms with van der Waals surface area (Å²) < 4.78 is 0. The Labute approximate surface area is 195 Å². The van der Waals surface area contributed by atoms with Crippen LogP contribution in [-0.2, 0) is 6.54 Å². The molecule has 1 amide bonds. The van der Waals surface area contributed by atoms with Crippen molar-refractivity contribution >= 4 is 40.0 Å². The number of para-hydroxylation sites is 2. The zero-order valence-corrected chi connectivity index (χ0v) is 19.1. The van der Waals surface area contributed by atoms with E-state index >= 15 is 0 Å². The molecule has 1 fully saturated rings. The Balaban J connectivity index is 1.24. The molecular formula is C24H23N5OS2. The molecule has 1 aromatic carbocycles. The van der Waals surface area contributed by atoms with Gasteiger partial charge >= 0.3 is 0 Å². The number of amides is 1. The molecule has 0 aliphatic carbocycles. The number of pyridine rings is 1. The molecule has 1 N–H and O–H groups in total. The average Bonchev–Trinajstić information content (AvgIpc) is 3.53. The van der Waals surface area contributed by atoms with Crippen LogP contribution < -0.4 is 10.2 Å². The molecule has 0 spiro atoms. The lowest BCUT2D eigenvalue weighted by Gasteiger charge is -2.36. The van der Waals surface area contributed by atoms with Crippen LogP contribution in [0.15, 0.2) is 71.6 Å². The van der Waals surface area contributed by atoms with Crippen LogP contribution in [0.2, 0.25) is 0 Å². The first-order chi connectivity index (χ1) is 15.8. The highest BCUT2D eigenvalue weighted by Crippen LogP contribution is 2.30. The summed E-state index contributed by atoms with van der Waals surface area (Å²) in [5, 5.41) is 7.79. The summed E-state index contributed by atoms with van der Waals surface area (Å²) in [5.74, 6) is -0.176. The van der Waals surface area contributed by atoms with E-state index in [1.807, 2.05) is 59.4 Å². The Morgan fingerprint density at radius 3 is 2.59 bits per heavy atom. The van der Waals surface area contributed by atoms with Crippen LogP contribution in [0.4, 0.5) is 11.4 Å². The Morgan fingerprint density at radius 2 is 1.81 bits per heavy atom. The van der Waals surface area contributed by atoms with Crippen LogP contribution in [0, 0.1) is 0 Å². The first-order valence-electron chi connectivity index (χ1n) is 10.5. The van der Waals surface area contributed by atoms with E-state index in [0.29, 0.717) is 5.69 Å². The van der Waals surface area contributed by atoms with Gasteiger partial charge in [0.1, 0.15) is 10.7 Å². The van der Waals surface area contributed by atoms with Crippen LogP contribution in [0.25, 0.3) is 9.88 Å². The molecule has 0 unspecified atom stereocenters. The van der Waals surface area contributed by atoms with E-state index in [0.717, 1.165) is 59.7 Å². The van der Waals surface area contributed by atoms with E-state index in [1.165, 1.54) is 11.3 Å². The van der Waals surface area contributed by atoms with E-state index in [1.54, 1.807) is 11.3 Å². The molecule has 5 rings (SSSR count). The van der Waals surface area contributed by atoms with Crippen molar-refractivity contribution in [2.45, 2.75) is 6.54 Å². The van der Waals surface area contributed by atoms with Crippen LogP contribution in [0.3, 0.4) is 0 Å². The summed E-state index contributed by atoms with van der Waals surface area (Å²) in [6, 6.07) is 18.1. The summed E-state index contributed by atoms with van der Waals surface area (Å²) in [6.45, 7) is 4.57. The lowest BCUT2D eigenvalue weighted by Crippen LogP contribution is -2.46. The molecule has 0 atom stereocenters. The number of anilines is 2. The third kappa shape index (κ3) is 4.72. The average molecular weight is 462 g/mol. The largest absolute Gasteiger partial charge is 0.367 e. The van der Waals surface area contributed by atoms with E-state index in [-0.39, 0.29) is 5.91 Å². The summed E-state index contributed by atoms with van der Waals surface area (Å²) in [7, 11) is 0. The maximum absolute atomic E-state index is 12.9. The van der Waals surface area contributed by atoms with E-state index in [2.05, 4.69) is 37.2 Å². The third-order valence-electron chi connectivity index (χ3n) is 5.45. The molecule has 6 nitrogen and oxygen atoms in total. The number of hydrogen-bond donors (Lipinski definition) is 1. The number of rotatable bonds is 6. The highest BCUT2D eigenvalue weighted by atomic mass is 32.1. The molecule has 0 saturated carbocycles. The zero-order chi connectivity index (χ0) is 21.8. The van der Waals surface area contributed by atoms with Crippen LogP contribution in [0.5, 0.6) is 0 Å². The minimum atomic E-state index is -0.176. The molecule has 4 aromatic rings. The second-order valence-electron chi connectivity index (χ2n) is 7.57. The number of benzene rings is 1. The monoisotopic (exact) mass is 461 g/mol. The number of piperazine rings is 1. The van der Waals surface area contributed by atoms with E-state index < -0.39 is 0 Å². The van der Waals surface area contributed by atoms with Crippen LogP contribution >= 0.6 is 22.7 Å². The second-order valence-corrected chi connectivity index (χ2v) is 9.38. The number of carbonyl (C=O) groups is 1. The van der Waals surface area contributed by atoms with Gasteiger partial charge in [0.05, 0.1) is 21.9 Å². The highest BCUT2D eigenvalue weighted by Gasteiger charge is 2.21. The minimum absolute atomic E-state index is 0.176. The number of thiazole rings is 1. The fourth-order valence-electron chi connectivity index (χ4n) is 3.80. The molecule has 32 heavy (non-hydrogen) atoms. The Morgan fingerprint density at radius 1 is 0.969 bits per heavy atom. The van der Waals surface area contributed by atoms with Gasteiger partial charge in [0.25, 0.3) is 5.91 Å². The van der Waals surface area contributed by atoms with Crippen molar-refractivity contribution in [3.63, 3.8) is 0 Å². The summed E-state index contributed by atoms with van der Waals surface area (Å²) in [4.78, 5) is 27.7. The molecule has 0 bridgehead atoms. The minimum Gasteiger partial charge on any atom is -0.367 e. The molecule has 0 radical (unpaired) electrons. The fraction of sp³-hybridized carbons (Fsp3) is 0.208. The lowest BCUT2D eigenvalue weighted by molar-refractivity contribution is 0.102. The second kappa shape index (κ2) is 9.60. The SMILES string of the molecule is O=C(Nc1ccccc1N1CCN(Cc2ccccn2)CC1)c1csc(-c2cccs2)n1. The number of thiophene rings is 1. The van der Waals surface area contributed by atoms with Crippen molar-refractivity contribution in [1.82, 2.24) is 14.9 Å². The quantitative estimate of drug-likeness (QED) is 0.445. The van der Waals surface area contributed by atoms with Gasteiger partial charge < -0.3 is 10.2 Å². The van der Waals surface area contributed by atoms with Crippen molar-refractivity contribution in [1.29, 1.82) is 0 Å². The Kier molecular flexibility index (Phi) is 6.24. The van der Waals surface area contributed by atoms with E-state index in [9.17, 15) is 4.79 Å². The Hall–Kier alpha value is -3.07. The van der Waals surface area contributed by atoms with Crippen LogP contribution in [0.1, 0.15) is 16.2 Å².